The van der Waals surface area contributed by atoms with Crippen LogP contribution in [0.1, 0.15) is 38.0 Å². The zero-order valence-corrected chi connectivity index (χ0v) is 15.7. The summed E-state index contributed by atoms with van der Waals surface area (Å²) in [6.45, 7) is 4.92. The molecule has 0 aromatic heterocycles. The zero-order chi connectivity index (χ0) is 19.9. The van der Waals surface area contributed by atoms with E-state index in [2.05, 4.69) is 5.32 Å². The van der Waals surface area contributed by atoms with Gasteiger partial charge in [0.1, 0.15) is 11.7 Å². The molecule has 144 valence electrons. The standard InChI is InChI=1S/C21H25NO5/c1-21(2,3)27-20(25)22-17(19(23)24)14-26-18(15-10-6-4-7-11-15)16-12-8-5-9-13-16/h4-13,17-18H,14H2,1-3H3,(H,22,25)(H,23,24)/t17-/m0/s1. The predicted molar refractivity (Wildman–Crippen MR) is 101 cm³/mol. The maximum absolute atomic E-state index is 11.9. The van der Waals surface area contributed by atoms with Crippen LogP contribution in [-0.4, -0.2) is 35.4 Å². The van der Waals surface area contributed by atoms with E-state index >= 15 is 0 Å². The van der Waals surface area contributed by atoms with Crippen LogP contribution in [0.15, 0.2) is 60.7 Å². The molecule has 0 aliphatic carbocycles. The molecule has 27 heavy (non-hydrogen) atoms. The van der Waals surface area contributed by atoms with E-state index in [0.29, 0.717) is 0 Å². The fourth-order valence-electron chi connectivity index (χ4n) is 2.46. The summed E-state index contributed by atoms with van der Waals surface area (Å²) in [5.74, 6) is -1.19. The molecule has 0 bridgehead atoms. The number of benzene rings is 2. The lowest BCUT2D eigenvalue weighted by Gasteiger charge is -2.24. The van der Waals surface area contributed by atoms with Gasteiger partial charge in [-0.05, 0) is 31.9 Å². The first-order chi connectivity index (χ1) is 12.8. The molecular weight excluding hydrogens is 346 g/mol. The number of carboxylic acids is 1. The van der Waals surface area contributed by atoms with Gasteiger partial charge >= 0.3 is 12.1 Å². The van der Waals surface area contributed by atoms with Crippen LogP contribution in [0, 0.1) is 0 Å². The molecule has 2 rings (SSSR count). The van der Waals surface area contributed by atoms with Crippen LogP contribution in [0.3, 0.4) is 0 Å². The number of hydrogen-bond acceptors (Lipinski definition) is 4. The average Bonchev–Trinajstić information content (AvgIpc) is 2.61. The summed E-state index contributed by atoms with van der Waals surface area (Å²) < 4.78 is 11.0. The van der Waals surface area contributed by atoms with Gasteiger partial charge in [-0.15, -0.1) is 0 Å². The SMILES string of the molecule is CC(C)(C)OC(=O)N[C@@H](COC(c1ccccc1)c1ccccc1)C(=O)O. The fraction of sp³-hybridized carbons (Fsp3) is 0.333. The molecule has 0 heterocycles. The molecule has 2 aromatic carbocycles. The number of ether oxygens (including phenoxy) is 2. The third-order valence-corrected chi connectivity index (χ3v) is 3.62. The van der Waals surface area contributed by atoms with Gasteiger partial charge < -0.3 is 19.9 Å². The Morgan fingerprint density at radius 3 is 1.85 bits per heavy atom. The predicted octanol–water partition coefficient (Wildman–Crippen LogP) is 3.77. The number of carbonyl (C=O) groups is 2. The second-order valence-electron chi connectivity index (χ2n) is 7.07. The highest BCUT2D eigenvalue weighted by atomic mass is 16.6. The lowest BCUT2D eigenvalue weighted by atomic mass is 10.0. The lowest BCUT2D eigenvalue weighted by molar-refractivity contribution is -0.141. The number of amides is 1. The summed E-state index contributed by atoms with van der Waals surface area (Å²) in [6.07, 6.45) is -1.25. The van der Waals surface area contributed by atoms with Crippen molar-refractivity contribution in [2.45, 2.75) is 38.5 Å². The molecule has 1 atom stereocenters. The van der Waals surface area contributed by atoms with Crippen LogP contribution in [0.25, 0.3) is 0 Å². The molecule has 0 saturated heterocycles. The fourth-order valence-corrected chi connectivity index (χ4v) is 2.46. The molecular formula is C21H25NO5. The van der Waals surface area contributed by atoms with Crippen LogP contribution in [0.5, 0.6) is 0 Å². The maximum Gasteiger partial charge on any atom is 0.408 e. The van der Waals surface area contributed by atoms with Crippen LogP contribution >= 0.6 is 0 Å². The van der Waals surface area contributed by atoms with Crippen molar-refractivity contribution in [1.82, 2.24) is 5.32 Å². The Kier molecular flexibility index (Phi) is 6.96. The van der Waals surface area contributed by atoms with Gasteiger partial charge in [-0.3, -0.25) is 0 Å². The van der Waals surface area contributed by atoms with Crippen LogP contribution in [0.2, 0.25) is 0 Å². The van der Waals surface area contributed by atoms with Gasteiger partial charge in [0.2, 0.25) is 0 Å². The summed E-state index contributed by atoms with van der Waals surface area (Å²) >= 11 is 0. The van der Waals surface area contributed by atoms with Crippen LogP contribution in [-0.2, 0) is 14.3 Å². The first-order valence-corrected chi connectivity index (χ1v) is 8.70. The highest BCUT2D eigenvalue weighted by molar-refractivity contribution is 5.80. The number of nitrogens with one attached hydrogen (secondary N) is 1. The number of rotatable bonds is 7. The first kappa shape index (κ1) is 20.5. The number of carboxylic acid groups (broad SMARTS) is 1. The third kappa shape index (κ3) is 6.75. The van der Waals surface area contributed by atoms with E-state index in [4.69, 9.17) is 9.47 Å². The molecule has 0 unspecified atom stereocenters. The van der Waals surface area contributed by atoms with E-state index in [1.54, 1.807) is 20.8 Å². The van der Waals surface area contributed by atoms with Crippen molar-refractivity contribution in [2.75, 3.05) is 6.61 Å². The van der Waals surface area contributed by atoms with Gasteiger partial charge in [-0.1, -0.05) is 60.7 Å². The van der Waals surface area contributed by atoms with Gasteiger partial charge in [0.25, 0.3) is 0 Å². The van der Waals surface area contributed by atoms with Crippen LogP contribution in [0.4, 0.5) is 4.79 Å². The van der Waals surface area contributed by atoms with Gasteiger partial charge in [0.15, 0.2) is 6.04 Å². The van der Waals surface area contributed by atoms with Crippen molar-refractivity contribution in [2.24, 2.45) is 0 Å². The number of aliphatic carboxylic acids is 1. The van der Waals surface area contributed by atoms with E-state index in [9.17, 15) is 14.7 Å². The van der Waals surface area contributed by atoms with E-state index in [1.165, 1.54) is 0 Å². The largest absolute Gasteiger partial charge is 0.480 e. The van der Waals surface area contributed by atoms with E-state index in [1.807, 2.05) is 60.7 Å². The highest BCUT2D eigenvalue weighted by Gasteiger charge is 2.26. The molecule has 2 N–H and O–H groups in total. The first-order valence-electron chi connectivity index (χ1n) is 8.70. The average molecular weight is 371 g/mol. The molecule has 0 spiro atoms. The molecule has 6 nitrogen and oxygen atoms in total. The Labute approximate surface area is 159 Å². The lowest BCUT2D eigenvalue weighted by Crippen LogP contribution is -2.46. The topological polar surface area (TPSA) is 84.9 Å². The molecule has 0 saturated carbocycles. The molecule has 0 fully saturated rings. The normalized spacial score (nSPS) is 12.4. The van der Waals surface area contributed by atoms with Crippen molar-refractivity contribution in [3.63, 3.8) is 0 Å². The quantitative estimate of drug-likeness (QED) is 0.774. The Balaban J connectivity index is 2.12. The molecule has 0 aliphatic rings. The van der Waals surface area contributed by atoms with Crippen molar-refractivity contribution < 1.29 is 24.2 Å². The summed E-state index contributed by atoms with van der Waals surface area (Å²) in [4.78, 5) is 23.4. The summed E-state index contributed by atoms with van der Waals surface area (Å²) in [5, 5.41) is 11.8. The molecule has 6 heteroatoms. The second-order valence-corrected chi connectivity index (χ2v) is 7.07. The number of hydrogen-bond donors (Lipinski definition) is 2. The summed E-state index contributed by atoms with van der Waals surface area (Å²) in [7, 11) is 0. The van der Waals surface area contributed by atoms with E-state index in [0.717, 1.165) is 11.1 Å². The Bertz CT molecular complexity index is 701. The molecule has 0 aliphatic heterocycles. The van der Waals surface area contributed by atoms with Gasteiger partial charge in [0.05, 0.1) is 6.61 Å². The van der Waals surface area contributed by atoms with Crippen LogP contribution < -0.4 is 5.32 Å². The maximum atomic E-state index is 11.9. The van der Waals surface area contributed by atoms with Crippen molar-refractivity contribution >= 4 is 12.1 Å². The highest BCUT2D eigenvalue weighted by Crippen LogP contribution is 2.25. The van der Waals surface area contributed by atoms with Gasteiger partial charge in [-0.2, -0.15) is 0 Å². The summed E-state index contributed by atoms with van der Waals surface area (Å²) in [5.41, 5.74) is 1.07. The van der Waals surface area contributed by atoms with Crippen molar-refractivity contribution in [1.29, 1.82) is 0 Å². The van der Waals surface area contributed by atoms with Crippen molar-refractivity contribution in [3.8, 4) is 0 Å². The third-order valence-electron chi connectivity index (χ3n) is 3.62. The molecule has 2 aromatic rings. The Morgan fingerprint density at radius 1 is 0.963 bits per heavy atom. The van der Waals surface area contributed by atoms with Gasteiger partial charge in [-0.25, -0.2) is 9.59 Å². The number of alkyl carbamates (subject to hydrolysis) is 1. The Hall–Kier alpha value is -2.86. The minimum Gasteiger partial charge on any atom is -0.480 e. The van der Waals surface area contributed by atoms with Gasteiger partial charge in [0, 0.05) is 0 Å². The zero-order valence-electron chi connectivity index (χ0n) is 15.7. The minimum atomic E-state index is -1.23. The molecule has 0 radical (unpaired) electrons. The number of carbonyl (C=O) groups excluding carboxylic acids is 1. The van der Waals surface area contributed by atoms with E-state index < -0.39 is 29.8 Å². The minimum absolute atomic E-state index is 0.205. The Morgan fingerprint density at radius 2 is 1.44 bits per heavy atom. The summed E-state index contributed by atoms with van der Waals surface area (Å²) in [6, 6.07) is 17.8. The van der Waals surface area contributed by atoms with E-state index in [-0.39, 0.29) is 6.61 Å². The monoisotopic (exact) mass is 371 g/mol. The second kappa shape index (κ2) is 9.19. The smallest absolute Gasteiger partial charge is 0.408 e. The molecule has 1 amide bonds. The van der Waals surface area contributed by atoms with Crippen molar-refractivity contribution in [3.05, 3.63) is 71.8 Å².